The maximum absolute atomic E-state index is 9.99. The lowest BCUT2D eigenvalue weighted by molar-refractivity contribution is 0.174. The number of hydrazone groups is 1. The highest BCUT2D eigenvalue weighted by Gasteiger charge is 2.21. The van der Waals surface area contributed by atoms with Crippen LogP contribution in [0.4, 0.5) is 0 Å². The van der Waals surface area contributed by atoms with E-state index in [2.05, 4.69) is 38.1 Å². The van der Waals surface area contributed by atoms with E-state index in [-0.39, 0.29) is 0 Å². The van der Waals surface area contributed by atoms with Crippen LogP contribution in [0.2, 0.25) is 0 Å². The summed E-state index contributed by atoms with van der Waals surface area (Å²) in [6, 6.07) is 9.71. The van der Waals surface area contributed by atoms with Gasteiger partial charge in [-0.15, -0.1) is 0 Å². The predicted octanol–water partition coefficient (Wildman–Crippen LogP) is 3.86. The molecule has 1 aromatic carbocycles. The van der Waals surface area contributed by atoms with E-state index in [4.69, 9.17) is 4.74 Å². The van der Waals surface area contributed by atoms with Crippen molar-refractivity contribution in [1.82, 2.24) is 10.4 Å². The molecule has 0 spiro atoms. The summed E-state index contributed by atoms with van der Waals surface area (Å²) in [5.74, 6) is 1.32. The number of aliphatic hydroxyl groups excluding tert-OH is 1. The molecule has 1 atom stereocenters. The molecular weight excluding hydrogens is 417 g/mol. The molecule has 0 saturated heterocycles. The Morgan fingerprint density at radius 1 is 1.21 bits per heavy atom. The minimum Gasteiger partial charge on any atom is -0.438 e. The van der Waals surface area contributed by atoms with Gasteiger partial charge in [0.2, 0.25) is 5.88 Å². The lowest BCUT2D eigenvalue weighted by Crippen LogP contribution is -2.31. The van der Waals surface area contributed by atoms with Crippen molar-refractivity contribution in [3.63, 3.8) is 0 Å². The van der Waals surface area contributed by atoms with Crippen molar-refractivity contribution >= 4 is 33.9 Å². The van der Waals surface area contributed by atoms with E-state index in [1.54, 1.807) is 6.20 Å². The van der Waals surface area contributed by atoms with Crippen LogP contribution in [-0.2, 0) is 0 Å². The van der Waals surface area contributed by atoms with Gasteiger partial charge in [0.05, 0.1) is 9.28 Å². The zero-order valence-electron chi connectivity index (χ0n) is 13.7. The molecule has 24 heavy (non-hydrogen) atoms. The average Bonchev–Trinajstić information content (AvgIpc) is 2.55. The monoisotopic (exact) mass is 435 g/mol. The average molecular weight is 435 g/mol. The molecule has 0 bridgehead atoms. The number of allylic oxidation sites excluding steroid dienone is 1. The maximum Gasteiger partial charge on any atom is 0.232 e. The summed E-state index contributed by atoms with van der Waals surface area (Å²) in [4.78, 5) is 4.25. The summed E-state index contributed by atoms with van der Waals surface area (Å²) in [6.07, 6.45) is 0.956. The molecule has 0 radical (unpaired) electrons. The molecule has 6 heteroatoms. The molecule has 124 valence electrons. The molecule has 5 nitrogen and oxygen atoms in total. The quantitative estimate of drug-likeness (QED) is 0.719. The number of nitrogens with zero attached hydrogens (tertiary/aromatic N) is 2. The van der Waals surface area contributed by atoms with Gasteiger partial charge in [0.25, 0.3) is 0 Å². The summed E-state index contributed by atoms with van der Waals surface area (Å²) in [6.45, 7) is 5.86. The number of hydrogen-bond acceptors (Lipinski definition) is 5. The number of nitrogens with one attached hydrogen (secondary N) is 1. The second-order valence-electron chi connectivity index (χ2n) is 5.66. The lowest BCUT2D eigenvalue weighted by Gasteiger charge is -2.23. The molecule has 1 aliphatic heterocycles. The second kappa shape index (κ2) is 6.90. The first-order valence-corrected chi connectivity index (χ1v) is 8.63. The molecule has 0 aliphatic carbocycles. The Hall–Kier alpha value is -1.93. The smallest absolute Gasteiger partial charge is 0.232 e. The van der Waals surface area contributed by atoms with E-state index in [0.717, 1.165) is 37.3 Å². The standard InChI is InChI=1S/C18H18IN3O2/c1-10-9-13(24-18-15(19)5-4-8-20-18)6-7-14(10)16-11(2)17(23)22-21-12(16)3/h4-9,17,22-23H,1-3H3. The van der Waals surface area contributed by atoms with E-state index < -0.39 is 6.23 Å². The molecule has 2 heterocycles. The minimum atomic E-state index is -0.755. The van der Waals surface area contributed by atoms with Crippen molar-refractivity contribution in [2.24, 2.45) is 5.10 Å². The van der Waals surface area contributed by atoms with E-state index in [0.29, 0.717) is 5.88 Å². The normalized spacial score (nSPS) is 17.4. The van der Waals surface area contributed by atoms with E-state index >= 15 is 0 Å². The van der Waals surface area contributed by atoms with Gasteiger partial charge in [-0.05, 0) is 84.3 Å². The Morgan fingerprint density at radius 3 is 2.71 bits per heavy atom. The van der Waals surface area contributed by atoms with Crippen molar-refractivity contribution in [2.75, 3.05) is 0 Å². The molecule has 1 aromatic heterocycles. The number of halogens is 1. The molecular formula is C18H18IN3O2. The van der Waals surface area contributed by atoms with Crippen LogP contribution in [0.3, 0.4) is 0 Å². The highest BCUT2D eigenvalue weighted by molar-refractivity contribution is 14.1. The van der Waals surface area contributed by atoms with Crippen molar-refractivity contribution in [2.45, 2.75) is 27.0 Å². The topological polar surface area (TPSA) is 66.7 Å². The number of hydrogen-bond donors (Lipinski definition) is 2. The number of ether oxygens (including phenoxy) is 1. The number of rotatable bonds is 3. The van der Waals surface area contributed by atoms with Crippen LogP contribution < -0.4 is 10.2 Å². The van der Waals surface area contributed by atoms with Gasteiger partial charge >= 0.3 is 0 Å². The highest BCUT2D eigenvalue weighted by Crippen LogP contribution is 2.31. The Bertz CT molecular complexity index is 846. The lowest BCUT2D eigenvalue weighted by atomic mass is 9.92. The van der Waals surface area contributed by atoms with E-state index in [1.807, 2.05) is 51.1 Å². The van der Waals surface area contributed by atoms with Crippen molar-refractivity contribution < 1.29 is 9.84 Å². The summed E-state index contributed by atoms with van der Waals surface area (Å²) >= 11 is 2.20. The third-order valence-electron chi connectivity index (χ3n) is 3.93. The molecule has 1 aliphatic rings. The van der Waals surface area contributed by atoms with Crippen LogP contribution >= 0.6 is 22.6 Å². The van der Waals surface area contributed by atoms with Crippen LogP contribution in [-0.4, -0.2) is 22.0 Å². The molecule has 0 fully saturated rings. The molecule has 2 N–H and O–H groups in total. The Kier molecular flexibility index (Phi) is 4.86. The van der Waals surface area contributed by atoms with Crippen LogP contribution in [0.5, 0.6) is 11.6 Å². The largest absolute Gasteiger partial charge is 0.438 e. The van der Waals surface area contributed by atoms with E-state index in [9.17, 15) is 5.11 Å². The third-order valence-corrected chi connectivity index (χ3v) is 4.75. The fourth-order valence-corrected chi connectivity index (χ4v) is 3.14. The van der Waals surface area contributed by atoms with Crippen molar-refractivity contribution in [3.8, 4) is 11.6 Å². The van der Waals surface area contributed by atoms with Gasteiger partial charge < -0.3 is 9.84 Å². The molecule has 2 aromatic rings. The van der Waals surface area contributed by atoms with Crippen molar-refractivity contribution in [3.05, 3.63) is 56.8 Å². The molecule has 0 saturated carbocycles. The summed E-state index contributed by atoms with van der Waals surface area (Å²) in [7, 11) is 0. The van der Waals surface area contributed by atoms with Gasteiger partial charge in [0.1, 0.15) is 5.75 Å². The zero-order chi connectivity index (χ0) is 17.3. The Labute approximate surface area is 154 Å². The molecule has 1 unspecified atom stereocenters. The number of aliphatic hydroxyl groups is 1. The van der Waals surface area contributed by atoms with Crippen LogP contribution in [0.25, 0.3) is 5.57 Å². The summed E-state index contributed by atoms with van der Waals surface area (Å²) in [5, 5.41) is 14.2. The number of pyridine rings is 1. The van der Waals surface area contributed by atoms with Crippen LogP contribution in [0.1, 0.15) is 25.0 Å². The first-order chi connectivity index (χ1) is 11.5. The fraction of sp³-hybridized carbons (Fsp3) is 0.222. The first-order valence-electron chi connectivity index (χ1n) is 7.56. The number of aryl methyl sites for hydroxylation is 1. The molecule has 3 rings (SSSR count). The van der Waals surface area contributed by atoms with Gasteiger partial charge in [-0.2, -0.15) is 5.10 Å². The first kappa shape index (κ1) is 16.9. The number of aromatic nitrogens is 1. The SMILES string of the molecule is CC1=NNC(O)C(C)=C1c1ccc(Oc2ncccc2I)cc1C. The molecule has 0 amide bonds. The third kappa shape index (κ3) is 3.29. The van der Waals surface area contributed by atoms with Gasteiger partial charge in [0.15, 0.2) is 6.23 Å². The summed E-state index contributed by atoms with van der Waals surface area (Å²) < 4.78 is 6.84. The Morgan fingerprint density at radius 2 is 2.00 bits per heavy atom. The van der Waals surface area contributed by atoms with Gasteiger partial charge in [-0.3, -0.25) is 5.43 Å². The Balaban J connectivity index is 1.95. The van der Waals surface area contributed by atoms with Crippen LogP contribution in [0, 0.1) is 10.5 Å². The fourth-order valence-electron chi connectivity index (χ4n) is 2.68. The van der Waals surface area contributed by atoms with Gasteiger partial charge in [-0.25, -0.2) is 4.98 Å². The van der Waals surface area contributed by atoms with Gasteiger partial charge in [-0.1, -0.05) is 6.07 Å². The van der Waals surface area contributed by atoms with Gasteiger partial charge in [0, 0.05) is 11.8 Å². The predicted molar refractivity (Wildman–Crippen MR) is 103 cm³/mol. The second-order valence-corrected chi connectivity index (χ2v) is 6.82. The van der Waals surface area contributed by atoms with Crippen LogP contribution in [0.15, 0.2) is 47.2 Å². The minimum absolute atomic E-state index is 0.593. The van der Waals surface area contributed by atoms with Crippen molar-refractivity contribution in [1.29, 1.82) is 0 Å². The zero-order valence-corrected chi connectivity index (χ0v) is 15.8. The van der Waals surface area contributed by atoms with E-state index in [1.165, 1.54) is 0 Å². The maximum atomic E-state index is 9.99. The summed E-state index contributed by atoms with van der Waals surface area (Å²) in [5.41, 5.74) is 7.48. The number of benzene rings is 1. The highest BCUT2D eigenvalue weighted by atomic mass is 127.